The third kappa shape index (κ3) is 2.31. The highest BCUT2D eigenvalue weighted by Gasteiger charge is 2.72. The summed E-state index contributed by atoms with van der Waals surface area (Å²) < 4.78 is 16.6. The summed E-state index contributed by atoms with van der Waals surface area (Å²) in [5, 5.41) is 10.0. The van der Waals surface area contributed by atoms with Gasteiger partial charge in [-0.25, -0.2) is 0 Å². The molecule has 158 valence electrons. The van der Waals surface area contributed by atoms with Crippen LogP contribution in [-0.4, -0.2) is 49.6 Å². The van der Waals surface area contributed by atoms with Gasteiger partial charge >= 0.3 is 5.97 Å². The van der Waals surface area contributed by atoms with E-state index in [4.69, 9.17) is 14.2 Å². The molecule has 0 amide bonds. The predicted octanol–water partition coefficient (Wildman–Crippen LogP) is 1.79. The van der Waals surface area contributed by atoms with Crippen LogP contribution in [0.3, 0.4) is 0 Å². The molecule has 4 aliphatic rings. The number of aliphatic hydroxyl groups is 1. The molecule has 4 rings (SSSR count). The second kappa shape index (κ2) is 6.42. The molecule has 0 aromatic carbocycles. The second-order valence-corrected chi connectivity index (χ2v) is 9.16. The van der Waals surface area contributed by atoms with Gasteiger partial charge in [-0.15, -0.1) is 0 Å². The molecule has 1 saturated carbocycles. The van der Waals surface area contributed by atoms with Gasteiger partial charge in [0.25, 0.3) is 0 Å². The van der Waals surface area contributed by atoms with Crippen LogP contribution in [0, 0.1) is 34.5 Å². The monoisotopic (exact) mass is 404 g/mol. The number of hydrogen-bond donors (Lipinski definition) is 1. The highest BCUT2D eigenvalue weighted by Crippen LogP contribution is 2.67. The molecule has 3 aliphatic carbocycles. The molecule has 0 unspecified atom stereocenters. The summed E-state index contributed by atoms with van der Waals surface area (Å²) in [7, 11) is 2.85. The maximum Gasteiger partial charge on any atom is 0.306 e. The van der Waals surface area contributed by atoms with Gasteiger partial charge in [0, 0.05) is 28.2 Å². The Hall–Kier alpha value is -2.15. The first kappa shape index (κ1) is 20.1. The highest BCUT2D eigenvalue weighted by molar-refractivity contribution is 6.07. The van der Waals surface area contributed by atoms with Crippen LogP contribution in [0.5, 0.6) is 0 Å². The van der Waals surface area contributed by atoms with Crippen LogP contribution in [-0.2, 0) is 28.6 Å². The van der Waals surface area contributed by atoms with E-state index in [1.807, 2.05) is 20.8 Å². The molecule has 7 atom stereocenters. The minimum atomic E-state index is -1.02. The first-order valence-corrected chi connectivity index (χ1v) is 10.1. The van der Waals surface area contributed by atoms with Crippen LogP contribution >= 0.6 is 0 Å². The summed E-state index contributed by atoms with van der Waals surface area (Å²) >= 11 is 0. The first-order chi connectivity index (χ1) is 13.7. The number of rotatable bonds is 3. The van der Waals surface area contributed by atoms with E-state index in [1.165, 1.54) is 14.2 Å². The number of ketones is 2. The molecule has 0 spiro atoms. The fourth-order valence-corrected chi connectivity index (χ4v) is 6.80. The molecule has 7 heteroatoms. The van der Waals surface area contributed by atoms with Gasteiger partial charge in [-0.1, -0.05) is 20.8 Å². The van der Waals surface area contributed by atoms with E-state index in [-0.39, 0.29) is 53.9 Å². The lowest BCUT2D eigenvalue weighted by Crippen LogP contribution is -2.69. The predicted molar refractivity (Wildman–Crippen MR) is 101 cm³/mol. The lowest BCUT2D eigenvalue weighted by atomic mass is 9.40. The topological polar surface area (TPSA) is 99.1 Å². The Labute approximate surface area is 170 Å². The summed E-state index contributed by atoms with van der Waals surface area (Å²) in [6.07, 6.45) is 1.84. The number of esters is 1. The maximum atomic E-state index is 13.7. The number of fused-ring (bicyclic) bond motifs is 2. The van der Waals surface area contributed by atoms with Gasteiger partial charge in [-0.05, 0) is 24.3 Å². The van der Waals surface area contributed by atoms with Gasteiger partial charge in [0.05, 0.1) is 27.2 Å². The number of carbonyl (C=O) groups excluding carboxylic acids is 3. The van der Waals surface area contributed by atoms with E-state index in [0.717, 1.165) is 0 Å². The average molecular weight is 404 g/mol. The minimum Gasteiger partial charge on any atom is -0.493 e. The molecular weight excluding hydrogens is 376 g/mol. The summed E-state index contributed by atoms with van der Waals surface area (Å²) in [4.78, 5) is 39.7. The van der Waals surface area contributed by atoms with Gasteiger partial charge in [0.2, 0.25) is 11.6 Å². The van der Waals surface area contributed by atoms with E-state index in [0.29, 0.717) is 12.0 Å². The van der Waals surface area contributed by atoms with Crippen LogP contribution in [0.1, 0.15) is 33.6 Å². The fourth-order valence-electron chi connectivity index (χ4n) is 6.80. The number of allylic oxidation sites excluding steroid dienone is 3. The van der Waals surface area contributed by atoms with Crippen LogP contribution in [0.4, 0.5) is 0 Å². The van der Waals surface area contributed by atoms with Crippen molar-refractivity contribution < 1.29 is 33.7 Å². The Balaban J connectivity index is 1.99. The fraction of sp³-hybridized carbons (Fsp3) is 0.682. The van der Waals surface area contributed by atoms with Crippen molar-refractivity contribution in [2.24, 2.45) is 34.5 Å². The first-order valence-electron chi connectivity index (χ1n) is 10.1. The summed E-state index contributed by atoms with van der Waals surface area (Å²) in [5.74, 6) is -1.87. The summed E-state index contributed by atoms with van der Waals surface area (Å²) in [6, 6.07) is 0. The van der Waals surface area contributed by atoms with Crippen molar-refractivity contribution in [3.63, 3.8) is 0 Å². The average Bonchev–Trinajstić information content (AvgIpc) is 2.67. The van der Waals surface area contributed by atoms with Crippen molar-refractivity contribution in [1.29, 1.82) is 0 Å². The largest absolute Gasteiger partial charge is 0.493 e. The standard InChI is InChI=1S/C22H28O7/c1-10-6-14(27-4)20(26)22(3)12(10)7-15-21(2)13(8-16(24)29-15)11(9-23)18(28-5)17(25)19(21)22/h6,10,12-13,15,19,23H,7-9H2,1-5H3/t10-,12+,13+,15-,19+,21-,22+/m1/s1. The number of methoxy groups -OCH3 is 2. The van der Waals surface area contributed by atoms with Gasteiger partial charge in [0.15, 0.2) is 11.5 Å². The van der Waals surface area contributed by atoms with E-state index in [2.05, 4.69) is 0 Å². The molecule has 0 aromatic heterocycles. The number of aliphatic hydroxyl groups excluding tert-OH is 1. The van der Waals surface area contributed by atoms with E-state index in [9.17, 15) is 19.5 Å². The zero-order valence-corrected chi connectivity index (χ0v) is 17.5. The molecule has 1 heterocycles. The van der Waals surface area contributed by atoms with Crippen molar-refractivity contribution in [1.82, 2.24) is 0 Å². The van der Waals surface area contributed by atoms with Gasteiger partial charge in [0.1, 0.15) is 6.10 Å². The number of hydrogen-bond acceptors (Lipinski definition) is 7. The molecule has 1 saturated heterocycles. The lowest BCUT2D eigenvalue weighted by molar-refractivity contribution is -0.217. The van der Waals surface area contributed by atoms with Crippen LogP contribution in [0.15, 0.2) is 23.2 Å². The maximum absolute atomic E-state index is 13.7. The summed E-state index contributed by atoms with van der Waals surface area (Å²) in [6.45, 7) is 5.38. The van der Waals surface area contributed by atoms with Crippen molar-refractivity contribution in [3.05, 3.63) is 23.2 Å². The molecular formula is C22H28O7. The zero-order valence-electron chi connectivity index (χ0n) is 17.5. The Morgan fingerprint density at radius 3 is 2.48 bits per heavy atom. The Morgan fingerprint density at radius 1 is 1.21 bits per heavy atom. The Morgan fingerprint density at radius 2 is 1.90 bits per heavy atom. The molecule has 0 aromatic rings. The van der Waals surface area contributed by atoms with Gasteiger partial charge < -0.3 is 19.3 Å². The molecule has 1 N–H and O–H groups in total. The third-order valence-electron chi connectivity index (χ3n) is 8.10. The third-order valence-corrected chi connectivity index (χ3v) is 8.10. The molecule has 29 heavy (non-hydrogen) atoms. The van der Waals surface area contributed by atoms with Crippen LogP contribution < -0.4 is 0 Å². The van der Waals surface area contributed by atoms with E-state index < -0.39 is 28.8 Å². The van der Waals surface area contributed by atoms with Crippen LogP contribution in [0.25, 0.3) is 0 Å². The smallest absolute Gasteiger partial charge is 0.306 e. The second-order valence-electron chi connectivity index (χ2n) is 9.16. The van der Waals surface area contributed by atoms with Gasteiger partial charge in [-0.3, -0.25) is 14.4 Å². The normalized spacial score (nSPS) is 43.9. The minimum absolute atomic E-state index is 0.0294. The molecule has 7 nitrogen and oxygen atoms in total. The summed E-state index contributed by atoms with van der Waals surface area (Å²) in [5.41, 5.74) is -1.39. The Kier molecular flexibility index (Phi) is 4.46. The van der Waals surface area contributed by atoms with Crippen molar-refractivity contribution in [2.75, 3.05) is 20.8 Å². The number of carbonyl (C=O) groups is 3. The van der Waals surface area contributed by atoms with E-state index in [1.54, 1.807) is 6.08 Å². The molecule has 2 fully saturated rings. The van der Waals surface area contributed by atoms with Crippen molar-refractivity contribution in [3.8, 4) is 0 Å². The lowest BCUT2D eigenvalue weighted by Gasteiger charge is -2.64. The van der Waals surface area contributed by atoms with Crippen molar-refractivity contribution in [2.45, 2.75) is 39.7 Å². The van der Waals surface area contributed by atoms with E-state index >= 15 is 0 Å². The number of Topliss-reactive ketones (excluding diaryl/α,β-unsaturated/α-hetero) is 2. The molecule has 1 aliphatic heterocycles. The highest BCUT2D eigenvalue weighted by atomic mass is 16.5. The molecule has 0 radical (unpaired) electrons. The quantitative estimate of drug-likeness (QED) is 0.716. The van der Waals surface area contributed by atoms with Gasteiger partial charge in [-0.2, -0.15) is 0 Å². The zero-order chi connectivity index (χ0) is 21.3. The number of ether oxygens (including phenoxy) is 3. The van der Waals surface area contributed by atoms with Crippen molar-refractivity contribution >= 4 is 17.5 Å². The van der Waals surface area contributed by atoms with Crippen LogP contribution in [0.2, 0.25) is 0 Å². The Bertz CT molecular complexity index is 855. The SMILES string of the molecule is COC1=C[C@@H](C)[C@@H]2C[C@H]3OC(=O)C[C@H]4C(CO)=C(OC)C(=O)[C@H]([C@@]2(C)C1=O)[C@@]34C. The molecule has 0 bridgehead atoms.